The lowest BCUT2D eigenvalue weighted by molar-refractivity contribution is 0.0955. The number of rotatable bonds is 4. The maximum atomic E-state index is 12.0. The van der Waals surface area contributed by atoms with Crippen LogP contribution in [0.2, 0.25) is 0 Å². The van der Waals surface area contributed by atoms with Crippen LogP contribution >= 0.6 is 0 Å². The molecule has 0 spiro atoms. The molecule has 2 N–H and O–H groups in total. The van der Waals surface area contributed by atoms with Crippen molar-refractivity contribution in [2.75, 3.05) is 12.4 Å². The molecule has 0 saturated heterocycles. The number of carbonyl (C=O) groups is 1. The van der Waals surface area contributed by atoms with Gasteiger partial charge in [0.2, 0.25) is 0 Å². The molecule has 1 aliphatic rings. The SMILES string of the molecule is CNc1ccccc1C(=O)N/N=C\C1CCCCC1. The Bertz CT molecular complexity index is 450. The van der Waals surface area contributed by atoms with Crippen LogP contribution in [-0.2, 0) is 0 Å². The molecule has 0 aromatic heterocycles. The predicted octanol–water partition coefficient (Wildman–Crippen LogP) is 3.02. The second-order valence-corrected chi connectivity index (χ2v) is 4.91. The summed E-state index contributed by atoms with van der Waals surface area (Å²) < 4.78 is 0. The fourth-order valence-corrected chi connectivity index (χ4v) is 2.44. The number of nitrogens with zero attached hydrogens (tertiary/aromatic N) is 1. The Morgan fingerprint density at radius 2 is 2.00 bits per heavy atom. The average Bonchev–Trinajstić information content (AvgIpc) is 2.48. The largest absolute Gasteiger partial charge is 0.387 e. The van der Waals surface area contributed by atoms with E-state index in [2.05, 4.69) is 15.8 Å². The fourth-order valence-electron chi connectivity index (χ4n) is 2.44. The lowest BCUT2D eigenvalue weighted by atomic mass is 9.90. The van der Waals surface area contributed by atoms with E-state index in [0.717, 1.165) is 5.69 Å². The summed E-state index contributed by atoms with van der Waals surface area (Å²) in [4.78, 5) is 12.0. The summed E-state index contributed by atoms with van der Waals surface area (Å²) in [6.07, 6.45) is 8.13. The Morgan fingerprint density at radius 3 is 2.74 bits per heavy atom. The summed E-state index contributed by atoms with van der Waals surface area (Å²) in [6, 6.07) is 7.41. The molecule has 2 rings (SSSR count). The highest BCUT2D eigenvalue weighted by Gasteiger charge is 2.12. The standard InChI is InChI=1S/C15H21N3O/c1-16-14-10-6-5-9-13(14)15(19)18-17-11-12-7-3-2-4-8-12/h5-6,9-12,16H,2-4,7-8H2,1H3,(H,18,19)/b17-11-. The van der Waals surface area contributed by atoms with Crippen LogP contribution in [-0.4, -0.2) is 19.2 Å². The molecular formula is C15H21N3O. The maximum absolute atomic E-state index is 12.0. The molecule has 19 heavy (non-hydrogen) atoms. The zero-order valence-corrected chi connectivity index (χ0v) is 11.4. The molecule has 0 heterocycles. The zero-order valence-electron chi connectivity index (χ0n) is 11.4. The number of hydrazone groups is 1. The number of hydrogen-bond acceptors (Lipinski definition) is 3. The molecule has 4 nitrogen and oxygen atoms in total. The third-order valence-electron chi connectivity index (χ3n) is 3.54. The van der Waals surface area contributed by atoms with Crippen LogP contribution in [0.25, 0.3) is 0 Å². The Hall–Kier alpha value is -1.84. The minimum atomic E-state index is -0.169. The van der Waals surface area contributed by atoms with Crippen LogP contribution in [0.15, 0.2) is 29.4 Å². The van der Waals surface area contributed by atoms with Crippen molar-refractivity contribution in [3.63, 3.8) is 0 Å². The van der Waals surface area contributed by atoms with Gasteiger partial charge >= 0.3 is 0 Å². The maximum Gasteiger partial charge on any atom is 0.273 e. The zero-order chi connectivity index (χ0) is 13.5. The van der Waals surface area contributed by atoms with Gasteiger partial charge in [-0.1, -0.05) is 31.4 Å². The van der Waals surface area contributed by atoms with E-state index in [0.29, 0.717) is 11.5 Å². The van der Waals surface area contributed by atoms with Crippen molar-refractivity contribution < 1.29 is 4.79 Å². The molecule has 102 valence electrons. The van der Waals surface area contributed by atoms with Gasteiger partial charge in [-0.15, -0.1) is 0 Å². The first-order valence-electron chi connectivity index (χ1n) is 6.91. The summed E-state index contributed by atoms with van der Waals surface area (Å²) in [5, 5.41) is 7.10. The van der Waals surface area contributed by atoms with Crippen LogP contribution < -0.4 is 10.7 Å². The second kappa shape index (κ2) is 6.92. The number of anilines is 1. The van der Waals surface area contributed by atoms with Crippen molar-refractivity contribution in [1.29, 1.82) is 0 Å². The van der Waals surface area contributed by atoms with Crippen molar-refractivity contribution in [3.05, 3.63) is 29.8 Å². The molecule has 1 aliphatic carbocycles. The third-order valence-corrected chi connectivity index (χ3v) is 3.54. The van der Waals surface area contributed by atoms with E-state index in [-0.39, 0.29) is 5.91 Å². The van der Waals surface area contributed by atoms with Gasteiger partial charge in [0.05, 0.1) is 5.56 Å². The van der Waals surface area contributed by atoms with Crippen molar-refractivity contribution in [3.8, 4) is 0 Å². The van der Waals surface area contributed by atoms with Gasteiger partial charge in [-0.05, 0) is 30.9 Å². The number of hydrogen-bond donors (Lipinski definition) is 2. The van der Waals surface area contributed by atoms with Crippen LogP contribution in [0.3, 0.4) is 0 Å². The number of nitrogens with one attached hydrogen (secondary N) is 2. The molecule has 1 fully saturated rings. The first kappa shape index (κ1) is 13.6. The van der Waals surface area contributed by atoms with Crippen LogP contribution in [0.5, 0.6) is 0 Å². The van der Waals surface area contributed by atoms with E-state index in [1.807, 2.05) is 24.4 Å². The number of benzene rings is 1. The molecule has 1 aromatic carbocycles. The number of para-hydroxylation sites is 1. The molecule has 0 bridgehead atoms. The minimum Gasteiger partial charge on any atom is -0.387 e. The quantitative estimate of drug-likeness (QED) is 0.645. The smallest absolute Gasteiger partial charge is 0.273 e. The first-order chi connectivity index (χ1) is 9.31. The van der Waals surface area contributed by atoms with Gasteiger partial charge in [-0.3, -0.25) is 4.79 Å². The van der Waals surface area contributed by atoms with E-state index in [1.54, 1.807) is 13.1 Å². The van der Waals surface area contributed by atoms with Gasteiger partial charge in [-0.25, -0.2) is 5.43 Å². The van der Waals surface area contributed by atoms with Crippen molar-refractivity contribution in [2.45, 2.75) is 32.1 Å². The molecule has 1 aromatic rings. The molecular weight excluding hydrogens is 238 g/mol. The van der Waals surface area contributed by atoms with Gasteiger partial charge in [0.1, 0.15) is 0 Å². The Balaban J connectivity index is 1.91. The predicted molar refractivity (Wildman–Crippen MR) is 78.5 cm³/mol. The average molecular weight is 259 g/mol. The Morgan fingerprint density at radius 1 is 1.26 bits per heavy atom. The topological polar surface area (TPSA) is 53.5 Å². The van der Waals surface area contributed by atoms with Gasteiger partial charge in [0, 0.05) is 18.9 Å². The van der Waals surface area contributed by atoms with E-state index in [4.69, 9.17) is 0 Å². The van der Waals surface area contributed by atoms with Crippen molar-refractivity contribution in [2.24, 2.45) is 11.0 Å². The van der Waals surface area contributed by atoms with Crippen LogP contribution in [0.4, 0.5) is 5.69 Å². The monoisotopic (exact) mass is 259 g/mol. The summed E-state index contributed by atoms with van der Waals surface area (Å²) >= 11 is 0. The van der Waals surface area contributed by atoms with Gasteiger partial charge in [0.25, 0.3) is 5.91 Å². The number of amides is 1. The molecule has 1 amide bonds. The van der Waals surface area contributed by atoms with Gasteiger partial charge in [-0.2, -0.15) is 5.10 Å². The Kier molecular flexibility index (Phi) is 4.95. The lowest BCUT2D eigenvalue weighted by Gasteiger charge is -2.16. The van der Waals surface area contributed by atoms with Crippen LogP contribution in [0, 0.1) is 5.92 Å². The molecule has 0 aliphatic heterocycles. The summed E-state index contributed by atoms with van der Waals surface area (Å²) in [5.74, 6) is 0.352. The van der Waals surface area contributed by atoms with Crippen LogP contribution in [0.1, 0.15) is 42.5 Å². The van der Waals surface area contributed by atoms with Gasteiger partial charge < -0.3 is 5.32 Å². The third kappa shape index (κ3) is 3.81. The van der Waals surface area contributed by atoms with Crippen molar-refractivity contribution in [1.82, 2.24) is 5.43 Å². The molecule has 4 heteroatoms. The highest BCUT2D eigenvalue weighted by atomic mass is 16.2. The minimum absolute atomic E-state index is 0.169. The highest BCUT2D eigenvalue weighted by Crippen LogP contribution is 2.21. The molecule has 1 saturated carbocycles. The van der Waals surface area contributed by atoms with Crippen molar-refractivity contribution >= 4 is 17.8 Å². The highest BCUT2D eigenvalue weighted by molar-refractivity contribution is 5.99. The lowest BCUT2D eigenvalue weighted by Crippen LogP contribution is -2.20. The Labute approximate surface area is 114 Å². The first-order valence-corrected chi connectivity index (χ1v) is 6.91. The summed E-state index contributed by atoms with van der Waals surface area (Å²) in [6.45, 7) is 0. The number of carbonyl (C=O) groups excluding carboxylic acids is 1. The van der Waals surface area contributed by atoms with E-state index < -0.39 is 0 Å². The van der Waals surface area contributed by atoms with E-state index >= 15 is 0 Å². The van der Waals surface area contributed by atoms with E-state index in [9.17, 15) is 4.79 Å². The van der Waals surface area contributed by atoms with Gasteiger partial charge in [0.15, 0.2) is 0 Å². The summed E-state index contributed by atoms with van der Waals surface area (Å²) in [7, 11) is 1.80. The molecule has 0 atom stereocenters. The fraction of sp³-hybridized carbons (Fsp3) is 0.467. The molecule has 0 unspecified atom stereocenters. The molecule has 0 radical (unpaired) electrons. The summed E-state index contributed by atoms with van der Waals surface area (Å²) in [5.41, 5.74) is 4.04. The normalized spacial score (nSPS) is 16.5. The van der Waals surface area contributed by atoms with E-state index in [1.165, 1.54) is 32.1 Å². The second-order valence-electron chi connectivity index (χ2n) is 4.91.